The Bertz CT molecular complexity index is 1340. The first-order valence-corrected chi connectivity index (χ1v) is 14.3. The summed E-state index contributed by atoms with van der Waals surface area (Å²) in [7, 11) is -16.5. The zero-order valence-electron chi connectivity index (χ0n) is 18.0. The van der Waals surface area contributed by atoms with Crippen molar-refractivity contribution in [3.63, 3.8) is 0 Å². The van der Waals surface area contributed by atoms with E-state index in [0.717, 1.165) is 0 Å². The van der Waals surface area contributed by atoms with Crippen LogP contribution < -0.4 is 11.3 Å². The first-order valence-electron chi connectivity index (χ1n) is 9.82. The van der Waals surface area contributed by atoms with Gasteiger partial charge in [-0.1, -0.05) is 0 Å². The van der Waals surface area contributed by atoms with Crippen LogP contribution >= 0.6 is 23.5 Å². The number of nitrogens with one attached hydrogen (secondary N) is 1. The number of nitrogen functional groups attached to an aromatic ring is 1. The molecule has 18 nitrogen and oxygen atoms in total. The molecule has 2 aromatic rings. The highest BCUT2D eigenvalue weighted by Gasteiger charge is 2.55. The zero-order valence-corrected chi connectivity index (χ0v) is 20.7. The van der Waals surface area contributed by atoms with Gasteiger partial charge in [0.1, 0.15) is 6.10 Å². The Kier molecular flexibility index (Phi) is 6.67. The normalized spacial score (nSPS) is 29.7. The molecule has 0 aromatic carbocycles. The molecule has 4 rings (SSSR count). The molecule has 1 aliphatic heterocycles. The summed E-state index contributed by atoms with van der Waals surface area (Å²) in [6.07, 6.45) is 0.229. The van der Waals surface area contributed by atoms with Crippen LogP contribution in [0.3, 0.4) is 0 Å². The molecule has 0 amide bonds. The van der Waals surface area contributed by atoms with Crippen LogP contribution in [-0.4, -0.2) is 63.7 Å². The van der Waals surface area contributed by atoms with Gasteiger partial charge < -0.3 is 39.3 Å². The minimum Gasteiger partial charge on any atom is -0.369 e. The molecular formula is C14H22N5O13P3. The van der Waals surface area contributed by atoms with E-state index in [9.17, 15) is 28.3 Å². The number of aromatic amines is 1. The number of imidazole rings is 1. The minimum atomic E-state index is -5.65. The number of hydrogen-bond donors (Lipinski definition) is 6. The zero-order chi connectivity index (χ0) is 26.0. The molecule has 2 aliphatic rings. The second kappa shape index (κ2) is 8.80. The molecule has 2 aromatic heterocycles. The third kappa shape index (κ3) is 5.91. The van der Waals surface area contributed by atoms with Crippen molar-refractivity contribution in [2.45, 2.75) is 44.3 Å². The predicted molar refractivity (Wildman–Crippen MR) is 113 cm³/mol. The van der Waals surface area contributed by atoms with Crippen LogP contribution in [0.25, 0.3) is 11.2 Å². The van der Waals surface area contributed by atoms with Crippen LogP contribution in [-0.2, 0) is 36.3 Å². The monoisotopic (exact) mass is 561 g/mol. The highest BCUT2D eigenvalue weighted by atomic mass is 31.3. The Balaban J connectivity index is 1.55. The van der Waals surface area contributed by atoms with E-state index in [0.29, 0.717) is 0 Å². The van der Waals surface area contributed by atoms with Crippen molar-refractivity contribution in [3.05, 3.63) is 16.7 Å². The van der Waals surface area contributed by atoms with Gasteiger partial charge >= 0.3 is 23.5 Å². The Morgan fingerprint density at radius 2 is 1.83 bits per heavy atom. The maximum atomic E-state index is 12.1. The van der Waals surface area contributed by atoms with Crippen LogP contribution in [0.15, 0.2) is 11.1 Å². The fourth-order valence-electron chi connectivity index (χ4n) is 4.17. The largest absolute Gasteiger partial charge is 0.490 e. The summed E-state index contributed by atoms with van der Waals surface area (Å²) in [5.41, 5.74) is 5.32. The molecule has 196 valence electrons. The number of aromatic nitrogens is 4. The average molecular weight is 561 g/mol. The molecule has 6 atom stereocenters. The number of hydrogen-bond acceptors (Lipinski definition) is 12. The number of nitrogens with two attached hydrogens (primary N) is 1. The average Bonchev–Trinajstić information content (AvgIpc) is 3.28. The lowest BCUT2D eigenvalue weighted by Gasteiger charge is -2.24. The standard InChI is InChI=1S/C14H22N5O13P3/c1-14(2)29-9-6(4-28-34(24,25)32-35(26,27)31-33(21,22)23)3-7(10(9)30-14)19-5-16-8-11(19)17-13(15)18-12(8)20/h5-7,9-10H,3-4H2,1-2H3,(H,24,25)(H,26,27)(H2,21,22,23)(H3,15,17,18,20)/t6-,7-,9?,10-/m1/s1. The van der Waals surface area contributed by atoms with Crippen molar-refractivity contribution in [1.29, 1.82) is 0 Å². The van der Waals surface area contributed by atoms with Gasteiger partial charge in [-0.15, -0.1) is 0 Å². The van der Waals surface area contributed by atoms with Crippen molar-refractivity contribution in [1.82, 2.24) is 19.5 Å². The third-order valence-electron chi connectivity index (χ3n) is 5.23. The van der Waals surface area contributed by atoms with E-state index in [4.69, 9.17) is 29.5 Å². The lowest BCUT2D eigenvalue weighted by molar-refractivity contribution is -0.161. The van der Waals surface area contributed by atoms with E-state index in [1.165, 1.54) is 6.33 Å². The quantitative estimate of drug-likeness (QED) is 0.234. The summed E-state index contributed by atoms with van der Waals surface area (Å²) in [4.78, 5) is 59.0. The number of anilines is 1. The Morgan fingerprint density at radius 1 is 1.17 bits per heavy atom. The van der Waals surface area contributed by atoms with Crippen molar-refractivity contribution < 1.29 is 55.9 Å². The van der Waals surface area contributed by atoms with E-state index in [1.807, 2.05) is 0 Å². The number of nitrogens with zero attached hydrogens (tertiary/aromatic N) is 3. The minimum absolute atomic E-state index is 0.0330. The second-order valence-corrected chi connectivity index (χ2v) is 12.7. The van der Waals surface area contributed by atoms with Crippen LogP contribution in [0.2, 0.25) is 0 Å². The summed E-state index contributed by atoms with van der Waals surface area (Å²) < 4.78 is 60.2. The van der Waals surface area contributed by atoms with Gasteiger partial charge in [-0.2, -0.15) is 13.6 Å². The number of phosphoric acid groups is 3. The smallest absolute Gasteiger partial charge is 0.369 e. The van der Waals surface area contributed by atoms with Gasteiger partial charge in [-0.05, 0) is 20.3 Å². The number of rotatable bonds is 8. The van der Waals surface area contributed by atoms with Crippen LogP contribution in [0, 0.1) is 5.92 Å². The maximum Gasteiger partial charge on any atom is 0.490 e. The number of ether oxygens (including phenoxy) is 2. The number of H-pyrrole nitrogens is 1. The maximum absolute atomic E-state index is 12.1. The van der Waals surface area contributed by atoms with Gasteiger partial charge in [0, 0.05) is 5.92 Å². The van der Waals surface area contributed by atoms with Crippen LogP contribution in [0.4, 0.5) is 5.95 Å². The summed E-state index contributed by atoms with van der Waals surface area (Å²) in [6.45, 7) is 2.74. The number of phosphoric ester groups is 1. The summed E-state index contributed by atoms with van der Waals surface area (Å²) in [6, 6.07) is -0.532. The molecule has 35 heavy (non-hydrogen) atoms. The van der Waals surface area contributed by atoms with E-state index in [-0.39, 0.29) is 23.5 Å². The van der Waals surface area contributed by atoms with E-state index in [2.05, 4.69) is 23.6 Å². The molecule has 2 fully saturated rings. The molecule has 0 bridgehead atoms. The lowest BCUT2D eigenvalue weighted by atomic mass is 10.1. The fraction of sp³-hybridized carbons (Fsp3) is 0.643. The van der Waals surface area contributed by atoms with Gasteiger partial charge in [0.15, 0.2) is 17.0 Å². The SMILES string of the molecule is CC1(C)OC2[C@@H](COP(=O)(O)OP(=O)(O)OP(=O)(O)O)C[C@@H](n3cnc4c(=O)[nH]c(N)nc43)[C@H]2O1. The van der Waals surface area contributed by atoms with Crippen molar-refractivity contribution in [2.75, 3.05) is 12.3 Å². The first kappa shape index (κ1) is 26.5. The number of fused-ring (bicyclic) bond motifs is 2. The summed E-state index contributed by atoms with van der Waals surface area (Å²) in [5, 5.41) is 0. The molecule has 1 saturated heterocycles. The van der Waals surface area contributed by atoms with Crippen LogP contribution in [0.5, 0.6) is 0 Å². The Hall–Kier alpha value is -1.52. The van der Waals surface area contributed by atoms with Gasteiger partial charge in [0.25, 0.3) is 5.56 Å². The highest BCUT2D eigenvalue weighted by molar-refractivity contribution is 7.66. The third-order valence-corrected chi connectivity index (χ3v) is 9.03. The molecule has 1 aliphatic carbocycles. The van der Waals surface area contributed by atoms with E-state index in [1.54, 1.807) is 18.4 Å². The molecule has 0 spiro atoms. The Morgan fingerprint density at radius 3 is 2.49 bits per heavy atom. The molecular weight excluding hydrogens is 539 g/mol. The fourth-order valence-corrected chi connectivity index (χ4v) is 7.25. The van der Waals surface area contributed by atoms with Gasteiger partial charge in [-0.25, -0.2) is 18.7 Å². The first-order chi connectivity index (χ1) is 16.0. The summed E-state index contributed by atoms with van der Waals surface area (Å²) >= 11 is 0. The topological polar surface area (TPSA) is 268 Å². The molecule has 3 heterocycles. The van der Waals surface area contributed by atoms with Crippen molar-refractivity contribution in [2.24, 2.45) is 5.92 Å². The van der Waals surface area contributed by atoms with Gasteiger partial charge in [0.05, 0.1) is 25.1 Å². The van der Waals surface area contributed by atoms with Gasteiger partial charge in [-0.3, -0.25) is 14.3 Å². The molecule has 3 unspecified atom stereocenters. The second-order valence-electron chi connectivity index (χ2n) is 8.29. The molecule has 7 N–H and O–H groups in total. The van der Waals surface area contributed by atoms with Crippen molar-refractivity contribution >= 4 is 40.6 Å². The van der Waals surface area contributed by atoms with Crippen LogP contribution in [0.1, 0.15) is 26.3 Å². The van der Waals surface area contributed by atoms with Crippen molar-refractivity contribution in [3.8, 4) is 0 Å². The Labute approximate surface area is 195 Å². The lowest BCUT2D eigenvalue weighted by Crippen LogP contribution is -2.28. The highest BCUT2D eigenvalue weighted by Crippen LogP contribution is 2.66. The van der Waals surface area contributed by atoms with E-state index < -0.39 is 65.6 Å². The van der Waals surface area contributed by atoms with Gasteiger partial charge in [0.2, 0.25) is 5.95 Å². The molecule has 1 saturated carbocycles. The molecule has 0 radical (unpaired) electrons. The summed E-state index contributed by atoms with van der Waals surface area (Å²) in [5.74, 6) is -1.83. The predicted octanol–water partition coefficient (Wildman–Crippen LogP) is 0.126. The van der Waals surface area contributed by atoms with E-state index >= 15 is 0 Å². The molecule has 21 heteroatoms.